The maximum atomic E-state index is 14.9. The SMILES string of the molecule is Cc1ccc2cc[n+](C)c(-c3c(C)c(C)cc(C)c3F)c2c1. The van der Waals surface area contributed by atoms with Crippen molar-refractivity contribution in [2.45, 2.75) is 27.7 Å². The lowest BCUT2D eigenvalue weighted by molar-refractivity contribution is -0.659. The zero-order chi connectivity index (χ0) is 16.0. The number of hydrogen-bond acceptors (Lipinski definition) is 0. The van der Waals surface area contributed by atoms with E-state index in [2.05, 4.69) is 31.2 Å². The summed E-state index contributed by atoms with van der Waals surface area (Å²) in [7, 11) is 1.98. The van der Waals surface area contributed by atoms with Gasteiger partial charge in [-0.05, 0) is 55.8 Å². The van der Waals surface area contributed by atoms with Crippen molar-refractivity contribution in [3.63, 3.8) is 0 Å². The molecule has 0 fully saturated rings. The fourth-order valence-electron chi connectivity index (χ4n) is 3.13. The van der Waals surface area contributed by atoms with Gasteiger partial charge in [0.15, 0.2) is 6.20 Å². The van der Waals surface area contributed by atoms with Gasteiger partial charge in [0.2, 0.25) is 5.69 Å². The first-order valence-electron chi connectivity index (χ1n) is 7.56. The minimum atomic E-state index is -0.118. The average molecular weight is 294 g/mol. The predicted octanol–water partition coefficient (Wildman–Crippen LogP) is 4.70. The predicted molar refractivity (Wildman–Crippen MR) is 89.5 cm³/mol. The van der Waals surface area contributed by atoms with Gasteiger partial charge in [-0.15, -0.1) is 0 Å². The van der Waals surface area contributed by atoms with E-state index in [1.807, 2.05) is 44.6 Å². The van der Waals surface area contributed by atoms with Crippen molar-refractivity contribution in [2.75, 3.05) is 0 Å². The Morgan fingerprint density at radius 1 is 0.909 bits per heavy atom. The van der Waals surface area contributed by atoms with Crippen LogP contribution in [0, 0.1) is 33.5 Å². The topological polar surface area (TPSA) is 3.88 Å². The third kappa shape index (κ3) is 2.19. The van der Waals surface area contributed by atoms with Crippen LogP contribution in [0.5, 0.6) is 0 Å². The molecule has 0 radical (unpaired) electrons. The molecule has 3 rings (SSSR count). The van der Waals surface area contributed by atoms with E-state index < -0.39 is 0 Å². The molecule has 0 amide bonds. The molecule has 0 spiro atoms. The van der Waals surface area contributed by atoms with Crippen molar-refractivity contribution in [2.24, 2.45) is 7.05 Å². The number of rotatable bonds is 1. The van der Waals surface area contributed by atoms with E-state index in [1.165, 1.54) is 5.56 Å². The van der Waals surface area contributed by atoms with E-state index in [0.29, 0.717) is 5.56 Å². The van der Waals surface area contributed by atoms with Crippen LogP contribution in [0.3, 0.4) is 0 Å². The molecule has 0 aliphatic rings. The molecule has 0 bridgehead atoms. The van der Waals surface area contributed by atoms with E-state index in [0.717, 1.165) is 33.2 Å². The second kappa shape index (κ2) is 5.20. The molecule has 0 atom stereocenters. The minimum absolute atomic E-state index is 0.118. The fraction of sp³-hybridized carbons (Fsp3) is 0.250. The summed E-state index contributed by atoms with van der Waals surface area (Å²) in [4.78, 5) is 0. The van der Waals surface area contributed by atoms with Crippen LogP contribution < -0.4 is 4.57 Å². The number of fused-ring (bicyclic) bond motifs is 1. The van der Waals surface area contributed by atoms with Gasteiger partial charge in [-0.1, -0.05) is 23.8 Å². The lowest BCUT2D eigenvalue weighted by atomic mass is 9.93. The Morgan fingerprint density at radius 2 is 1.64 bits per heavy atom. The van der Waals surface area contributed by atoms with Gasteiger partial charge in [-0.25, -0.2) is 8.96 Å². The van der Waals surface area contributed by atoms with E-state index in [1.54, 1.807) is 0 Å². The summed E-state index contributed by atoms with van der Waals surface area (Å²) < 4.78 is 16.9. The third-order valence-corrected chi connectivity index (χ3v) is 4.50. The lowest BCUT2D eigenvalue weighted by Gasteiger charge is -2.13. The van der Waals surface area contributed by atoms with Crippen LogP contribution in [0.2, 0.25) is 0 Å². The van der Waals surface area contributed by atoms with Crippen molar-refractivity contribution < 1.29 is 8.96 Å². The summed E-state index contributed by atoms with van der Waals surface area (Å²) in [6.45, 7) is 7.95. The van der Waals surface area contributed by atoms with Gasteiger partial charge in [-0.2, -0.15) is 0 Å². The molecule has 112 valence electrons. The molecule has 2 heteroatoms. The maximum Gasteiger partial charge on any atom is 0.223 e. The minimum Gasteiger partial charge on any atom is -0.206 e. The van der Waals surface area contributed by atoms with Gasteiger partial charge in [0, 0.05) is 6.07 Å². The molecule has 0 saturated carbocycles. The second-order valence-corrected chi connectivity index (χ2v) is 6.19. The van der Waals surface area contributed by atoms with Crippen molar-refractivity contribution in [3.05, 3.63) is 64.6 Å². The highest BCUT2D eigenvalue weighted by molar-refractivity contribution is 5.94. The summed E-state index contributed by atoms with van der Waals surface area (Å²) in [5.41, 5.74) is 5.68. The molecule has 2 aromatic carbocycles. The van der Waals surface area contributed by atoms with Crippen molar-refractivity contribution in [3.8, 4) is 11.3 Å². The number of halogens is 1. The number of aromatic nitrogens is 1. The highest BCUT2D eigenvalue weighted by Gasteiger charge is 2.23. The van der Waals surface area contributed by atoms with Crippen LogP contribution in [-0.2, 0) is 7.05 Å². The first-order chi connectivity index (χ1) is 10.4. The number of hydrogen-bond donors (Lipinski definition) is 0. The Bertz CT molecular complexity index is 863. The Labute approximate surface area is 131 Å². The smallest absolute Gasteiger partial charge is 0.206 e. The van der Waals surface area contributed by atoms with Crippen LogP contribution in [0.1, 0.15) is 22.3 Å². The molecule has 0 saturated heterocycles. The summed E-state index contributed by atoms with van der Waals surface area (Å²) in [6, 6.07) is 10.3. The highest BCUT2D eigenvalue weighted by Crippen LogP contribution is 2.33. The van der Waals surface area contributed by atoms with E-state index in [9.17, 15) is 4.39 Å². The van der Waals surface area contributed by atoms with E-state index >= 15 is 0 Å². The van der Waals surface area contributed by atoms with Gasteiger partial charge in [-0.3, -0.25) is 0 Å². The summed E-state index contributed by atoms with van der Waals surface area (Å²) in [5.74, 6) is -0.118. The number of pyridine rings is 1. The number of aryl methyl sites for hydroxylation is 4. The lowest BCUT2D eigenvalue weighted by Crippen LogP contribution is -2.31. The van der Waals surface area contributed by atoms with Crippen LogP contribution in [0.25, 0.3) is 22.0 Å². The molecule has 0 aliphatic carbocycles. The third-order valence-electron chi connectivity index (χ3n) is 4.50. The molecule has 0 N–H and O–H groups in total. The van der Waals surface area contributed by atoms with E-state index in [4.69, 9.17) is 0 Å². The molecule has 22 heavy (non-hydrogen) atoms. The Morgan fingerprint density at radius 3 is 2.36 bits per heavy atom. The normalized spacial score (nSPS) is 11.2. The Hall–Kier alpha value is -2.22. The van der Waals surface area contributed by atoms with E-state index in [-0.39, 0.29) is 5.82 Å². The molecule has 1 aromatic heterocycles. The quantitative estimate of drug-likeness (QED) is 0.573. The number of benzene rings is 2. The summed E-state index contributed by atoms with van der Waals surface area (Å²) in [6.07, 6.45) is 2.00. The molecule has 1 nitrogen and oxygen atoms in total. The Balaban J connectivity index is 2.51. The summed E-state index contributed by atoms with van der Waals surface area (Å²) in [5, 5.41) is 2.23. The molecule has 0 aliphatic heterocycles. The van der Waals surface area contributed by atoms with Crippen molar-refractivity contribution in [1.82, 2.24) is 0 Å². The largest absolute Gasteiger partial charge is 0.223 e. The molecular formula is C20H21FN+. The zero-order valence-corrected chi connectivity index (χ0v) is 13.8. The maximum absolute atomic E-state index is 14.9. The van der Waals surface area contributed by atoms with Crippen LogP contribution >= 0.6 is 0 Å². The van der Waals surface area contributed by atoms with Crippen LogP contribution in [0.4, 0.5) is 4.39 Å². The highest BCUT2D eigenvalue weighted by atomic mass is 19.1. The fourth-order valence-corrected chi connectivity index (χ4v) is 3.13. The van der Waals surface area contributed by atoms with Gasteiger partial charge in [0.1, 0.15) is 12.9 Å². The second-order valence-electron chi connectivity index (χ2n) is 6.19. The monoisotopic (exact) mass is 294 g/mol. The first-order valence-corrected chi connectivity index (χ1v) is 7.56. The number of nitrogens with zero attached hydrogens (tertiary/aromatic N) is 1. The van der Waals surface area contributed by atoms with Crippen LogP contribution in [0.15, 0.2) is 36.5 Å². The van der Waals surface area contributed by atoms with Crippen molar-refractivity contribution >= 4 is 10.8 Å². The Kier molecular flexibility index (Phi) is 3.48. The molecular weight excluding hydrogens is 273 g/mol. The average Bonchev–Trinajstić information content (AvgIpc) is 2.47. The first kappa shape index (κ1) is 14.7. The van der Waals surface area contributed by atoms with Crippen molar-refractivity contribution in [1.29, 1.82) is 0 Å². The summed E-state index contributed by atoms with van der Waals surface area (Å²) >= 11 is 0. The molecule has 0 unspecified atom stereocenters. The molecule has 3 aromatic rings. The van der Waals surface area contributed by atoms with Gasteiger partial charge >= 0.3 is 0 Å². The van der Waals surface area contributed by atoms with Crippen LogP contribution in [-0.4, -0.2) is 0 Å². The molecule has 1 heterocycles. The zero-order valence-electron chi connectivity index (χ0n) is 13.8. The van der Waals surface area contributed by atoms with Gasteiger partial charge in [0.05, 0.1) is 10.9 Å². The van der Waals surface area contributed by atoms with Gasteiger partial charge < -0.3 is 0 Å². The standard InChI is InChI=1S/C20H21FN/c1-12-6-7-16-8-9-22(5)20(17(16)10-12)18-15(4)13(2)11-14(3)19(18)21/h6-11H,1-5H3/q+1. The van der Waals surface area contributed by atoms with Gasteiger partial charge in [0.25, 0.3) is 0 Å².